The van der Waals surface area contributed by atoms with Gasteiger partial charge in [0.15, 0.2) is 0 Å². The number of hydrogen-bond donors (Lipinski definition) is 1. The lowest BCUT2D eigenvalue weighted by Crippen LogP contribution is -1.94. The van der Waals surface area contributed by atoms with Gasteiger partial charge < -0.3 is 10.2 Å². The topological polar surface area (TPSA) is 64.9 Å². The predicted molar refractivity (Wildman–Crippen MR) is 54.1 cm³/mol. The molecule has 0 aliphatic rings. The van der Waals surface area contributed by atoms with E-state index in [9.17, 15) is 0 Å². The molecule has 0 unspecified atom stereocenters. The Balaban J connectivity index is 2.18. The average molecular weight is 187 g/mol. The maximum absolute atomic E-state index is 5.43. The van der Waals surface area contributed by atoms with E-state index in [1.54, 1.807) is 18.5 Å². The molecule has 2 aromatic rings. The highest BCUT2D eigenvalue weighted by atomic mass is 16.3. The minimum absolute atomic E-state index is 0.270. The van der Waals surface area contributed by atoms with Crippen LogP contribution in [0.2, 0.25) is 0 Å². The first kappa shape index (κ1) is 8.50. The standard InChI is InChI=1S/C10H9N3O/c11-10-12-6-5-8(13-10)3-4-9-2-1-7-14-9/h1-7H,(H2,11,12,13)/b4-3+. The van der Waals surface area contributed by atoms with E-state index in [0.29, 0.717) is 0 Å². The second-order valence-corrected chi connectivity index (χ2v) is 2.69. The monoisotopic (exact) mass is 187 g/mol. The Morgan fingerprint density at radius 3 is 2.93 bits per heavy atom. The van der Waals surface area contributed by atoms with Gasteiger partial charge in [0, 0.05) is 6.20 Å². The molecule has 0 fully saturated rings. The van der Waals surface area contributed by atoms with Crippen molar-refractivity contribution in [2.75, 3.05) is 5.73 Å². The van der Waals surface area contributed by atoms with Gasteiger partial charge in [-0.3, -0.25) is 0 Å². The predicted octanol–water partition coefficient (Wildman–Crippen LogP) is 1.82. The first-order chi connectivity index (χ1) is 6.84. The van der Waals surface area contributed by atoms with E-state index in [1.165, 1.54) is 0 Å². The van der Waals surface area contributed by atoms with Crippen LogP contribution in [-0.4, -0.2) is 9.97 Å². The summed E-state index contributed by atoms with van der Waals surface area (Å²) in [7, 11) is 0. The van der Waals surface area contributed by atoms with Crippen molar-refractivity contribution in [1.29, 1.82) is 0 Å². The molecule has 4 heteroatoms. The van der Waals surface area contributed by atoms with Crippen molar-refractivity contribution in [3.05, 3.63) is 42.1 Å². The summed E-state index contributed by atoms with van der Waals surface area (Å²) in [5, 5.41) is 0. The quantitative estimate of drug-likeness (QED) is 0.778. The number of nitrogens with two attached hydrogens (primary N) is 1. The Labute approximate surface area is 81.1 Å². The maximum Gasteiger partial charge on any atom is 0.220 e. The van der Waals surface area contributed by atoms with Crippen LogP contribution in [0, 0.1) is 0 Å². The van der Waals surface area contributed by atoms with Crippen molar-refractivity contribution in [3.8, 4) is 0 Å². The second-order valence-electron chi connectivity index (χ2n) is 2.69. The smallest absolute Gasteiger partial charge is 0.220 e. The van der Waals surface area contributed by atoms with Crippen LogP contribution in [0.5, 0.6) is 0 Å². The highest BCUT2D eigenvalue weighted by molar-refractivity contribution is 5.65. The Morgan fingerprint density at radius 2 is 2.21 bits per heavy atom. The normalized spacial score (nSPS) is 10.9. The molecule has 0 amide bonds. The number of anilines is 1. The zero-order valence-electron chi connectivity index (χ0n) is 7.42. The van der Waals surface area contributed by atoms with E-state index in [1.807, 2.05) is 24.3 Å². The third-order valence-corrected chi connectivity index (χ3v) is 1.66. The highest BCUT2D eigenvalue weighted by Gasteiger charge is 1.91. The molecule has 2 rings (SSSR count). The maximum atomic E-state index is 5.43. The van der Waals surface area contributed by atoms with Crippen LogP contribution in [-0.2, 0) is 0 Å². The van der Waals surface area contributed by atoms with Crippen LogP contribution in [0.4, 0.5) is 5.95 Å². The van der Waals surface area contributed by atoms with E-state index in [0.717, 1.165) is 11.5 Å². The molecule has 0 radical (unpaired) electrons. The zero-order valence-corrected chi connectivity index (χ0v) is 7.42. The lowest BCUT2D eigenvalue weighted by molar-refractivity contribution is 0.557. The van der Waals surface area contributed by atoms with Crippen molar-refractivity contribution in [2.24, 2.45) is 0 Å². The van der Waals surface area contributed by atoms with Crippen LogP contribution in [0.3, 0.4) is 0 Å². The van der Waals surface area contributed by atoms with E-state index < -0.39 is 0 Å². The molecule has 14 heavy (non-hydrogen) atoms. The molecule has 0 spiro atoms. The lowest BCUT2D eigenvalue weighted by Gasteiger charge is -1.92. The molecule has 0 saturated heterocycles. The largest absolute Gasteiger partial charge is 0.465 e. The van der Waals surface area contributed by atoms with Crippen molar-refractivity contribution < 1.29 is 4.42 Å². The van der Waals surface area contributed by atoms with Crippen LogP contribution in [0.15, 0.2) is 35.1 Å². The van der Waals surface area contributed by atoms with Crippen LogP contribution in [0.25, 0.3) is 12.2 Å². The van der Waals surface area contributed by atoms with Gasteiger partial charge in [0.05, 0.1) is 12.0 Å². The Bertz CT molecular complexity index is 434. The molecular formula is C10H9N3O. The molecule has 2 N–H and O–H groups in total. The first-order valence-electron chi connectivity index (χ1n) is 4.15. The molecule has 2 aromatic heterocycles. The third kappa shape index (κ3) is 1.98. The molecule has 70 valence electrons. The highest BCUT2D eigenvalue weighted by Crippen LogP contribution is 2.06. The Hall–Kier alpha value is -2.10. The number of rotatable bonds is 2. The van der Waals surface area contributed by atoms with Gasteiger partial charge in [-0.2, -0.15) is 0 Å². The molecule has 4 nitrogen and oxygen atoms in total. The fourth-order valence-electron chi connectivity index (χ4n) is 1.03. The van der Waals surface area contributed by atoms with Gasteiger partial charge in [-0.1, -0.05) is 0 Å². The summed E-state index contributed by atoms with van der Waals surface area (Å²) in [5.74, 6) is 1.05. The molecule has 0 aliphatic carbocycles. The van der Waals surface area contributed by atoms with Crippen molar-refractivity contribution in [1.82, 2.24) is 9.97 Å². The van der Waals surface area contributed by atoms with E-state index >= 15 is 0 Å². The summed E-state index contributed by atoms with van der Waals surface area (Å²) in [5.41, 5.74) is 6.19. The molecule has 0 aromatic carbocycles. The van der Waals surface area contributed by atoms with Gasteiger partial charge in [-0.15, -0.1) is 0 Å². The molecule has 0 bridgehead atoms. The number of nitrogen functional groups attached to an aromatic ring is 1. The fraction of sp³-hybridized carbons (Fsp3) is 0. The van der Waals surface area contributed by atoms with Gasteiger partial charge in [0.2, 0.25) is 5.95 Å². The van der Waals surface area contributed by atoms with Crippen LogP contribution in [0.1, 0.15) is 11.5 Å². The number of nitrogens with zero attached hydrogens (tertiary/aromatic N) is 2. The van der Waals surface area contributed by atoms with Gasteiger partial charge in [-0.25, -0.2) is 9.97 Å². The van der Waals surface area contributed by atoms with Crippen LogP contribution >= 0.6 is 0 Å². The zero-order chi connectivity index (χ0) is 9.80. The lowest BCUT2D eigenvalue weighted by atomic mass is 10.3. The number of aromatic nitrogens is 2. The SMILES string of the molecule is Nc1nccc(/C=C/c2ccco2)n1. The summed E-state index contributed by atoms with van der Waals surface area (Å²) in [4.78, 5) is 7.80. The minimum atomic E-state index is 0.270. The van der Waals surface area contributed by atoms with Gasteiger partial charge >= 0.3 is 0 Å². The summed E-state index contributed by atoms with van der Waals surface area (Å²) < 4.78 is 5.12. The summed E-state index contributed by atoms with van der Waals surface area (Å²) in [6, 6.07) is 5.46. The van der Waals surface area contributed by atoms with E-state index in [4.69, 9.17) is 10.2 Å². The Kier molecular flexibility index (Phi) is 2.27. The molecule has 0 atom stereocenters. The minimum Gasteiger partial charge on any atom is -0.465 e. The van der Waals surface area contributed by atoms with Gasteiger partial charge in [0.25, 0.3) is 0 Å². The number of hydrogen-bond acceptors (Lipinski definition) is 4. The van der Waals surface area contributed by atoms with Crippen molar-refractivity contribution in [3.63, 3.8) is 0 Å². The van der Waals surface area contributed by atoms with E-state index in [2.05, 4.69) is 9.97 Å². The molecule has 2 heterocycles. The summed E-state index contributed by atoms with van der Waals surface area (Å²) in [6.07, 6.45) is 6.87. The third-order valence-electron chi connectivity index (χ3n) is 1.66. The van der Waals surface area contributed by atoms with Gasteiger partial charge in [-0.05, 0) is 30.4 Å². The molecular weight excluding hydrogens is 178 g/mol. The van der Waals surface area contributed by atoms with Crippen molar-refractivity contribution >= 4 is 18.1 Å². The fourth-order valence-corrected chi connectivity index (χ4v) is 1.03. The van der Waals surface area contributed by atoms with Crippen LogP contribution < -0.4 is 5.73 Å². The van der Waals surface area contributed by atoms with Crippen molar-refractivity contribution in [2.45, 2.75) is 0 Å². The molecule has 0 aliphatic heterocycles. The average Bonchev–Trinajstić information content (AvgIpc) is 2.67. The van der Waals surface area contributed by atoms with Gasteiger partial charge in [0.1, 0.15) is 5.76 Å². The summed E-state index contributed by atoms with van der Waals surface area (Å²) >= 11 is 0. The van der Waals surface area contributed by atoms with E-state index in [-0.39, 0.29) is 5.95 Å². The first-order valence-corrected chi connectivity index (χ1v) is 4.15. The number of furan rings is 1. The Morgan fingerprint density at radius 1 is 1.29 bits per heavy atom. The second kappa shape index (κ2) is 3.74. The molecule has 0 saturated carbocycles. The summed E-state index contributed by atoms with van der Waals surface area (Å²) in [6.45, 7) is 0.